The van der Waals surface area contributed by atoms with E-state index < -0.39 is 0 Å². The van der Waals surface area contributed by atoms with Crippen LogP contribution in [0.2, 0.25) is 0 Å². The van der Waals surface area contributed by atoms with Gasteiger partial charge in [0.05, 0.1) is 11.6 Å². The Kier molecular flexibility index (Phi) is 5.59. The van der Waals surface area contributed by atoms with Crippen LogP contribution in [0, 0.1) is 17.2 Å². The number of amides is 2. The number of rotatable bonds is 3. The molecular weight excluding hydrogens is 266 g/mol. The summed E-state index contributed by atoms with van der Waals surface area (Å²) in [6.07, 6.45) is 5.18. The first-order valence-electron chi connectivity index (χ1n) is 7.41. The van der Waals surface area contributed by atoms with Crippen molar-refractivity contribution in [2.24, 2.45) is 5.92 Å². The SMILES string of the molecule is N#Cc1cccc(NC(=O)NC2CCCCCC2CO)c1. The van der Waals surface area contributed by atoms with Gasteiger partial charge in [-0.3, -0.25) is 0 Å². The second-order valence-corrected chi connectivity index (χ2v) is 5.48. The van der Waals surface area contributed by atoms with E-state index in [1.54, 1.807) is 24.3 Å². The molecular formula is C16H21N3O2. The topological polar surface area (TPSA) is 85.2 Å². The van der Waals surface area contributed by atoms with Crippen LogP contribution in [0.5, 0.6) is 0 Å². The minimum Gasteiger partial charge on any atom is -0.396 e. The number of aliphatic hydroxyl groups excluding tert-OH is 1. The molecule has 0 saturated heterocycles. The Bertz CT molecular complexity index is 524. The van der Waals surface area contributed by atoms with E-state index in [1.807, 2.05) is 6.07 Å². The van der Waals surface area contributed by atoms with Crippen LogP contribution < -0.4 is 10.6 Å². The van der Waals surface area contributed by atoms with Gasteiger partial charge in [-0.15, -0.1) is 0 Å². The van der Waals surface area contributed by atoms with Gasteiger partial charge in [-0.1, -0.05) is 25.3 Å². The quantitative estimate of drug-likeness (QED) is 0.747. The van der Waals surface area contributed by atoms with Crippen molar-refractivity contribution >= 4 is 11.7 Å². The lowest BCUT2D eigenvalue weighted by molar-refractivity contribution is 0.182. The molecule has 0 radical (unpaired) electrons. The molecule has 1 aromatic carbocycles. The molecule has 5 heteroatoms. The Hall–Kier alpha value is -2.06. The van der Waals surface area contributed by atoms with E-state index >= 15 is 0 Å². The number of nitrogens with zero attached hydrogens (tertiary/aromatic N) is 1. The van der Waals surface area contributed by atoms with Crippen molar-refractivity contribution in [2.45, 2.75) is 38.1 Å². The summed E-state index contributed by atoms with van der Waals surface area (Å²) in [5.74, 6) is 0.128. The van der Waals surface area contributed by atoms with Gasteiger partial charge in [-0.2, -0.15) is 5.26 Å². The van der Waals surface area contributed by atoms with Crippen molar-refractivity contribution in [3.05, 3.63) is 29.8 Å². The van der Waals surface area contributed by atoms with Crippen LogP contribution in [0.25, 0.3) is 0 Å². The number of benzene rings is 1. The van der Waals surface area contributed by atoms with Crippen LogP contribution in [0.4, 0.5) is 10.5 Å². The largest absolute Gasteiger partial charge is 0.396 e. The highest BCUT2D eigenvalue weighted by molar-refractivity contribution is 5.89. The monoisotopic (exact) mass is 287 g/mol. The molecule has 1 saturated carbocycles. The second kappa shape index (κ2) is 7.65. The first-order valence-corrected chi connectivity index (χ1v) is 7.41. The van der Waals surface area contributed by atoms with Crippen LogP contribution in [-0.2, 0) is 0 Å². The van der Waals surface area contributed by atoms with Crippen LogP contribution in [0.3, 0.4) is 0 Å². The van der Waals surface area contributed by atoms with Crippen molar-refractivity contribution in [3.63, 3.8) is 0 Å². The maximum Gasteiger partial charge on any atom is 0.319 e. The molecule has 1 fully saturated rings. The van der Waals surface area contributed by atoms with E-state index in [2.05, 4.69) is 10.6 Å². The van der Waals surface area contributed by atoms with E-state index in [0.717, 1.165) is 32.1 Å². The van der Waals surface area contributed by atoms with Crippen LogP contribution >= 0.6 is 0 Å². The standard InChI is InChI=1S/C16H21N3O2/c17-10-12-5-4-7-14(9-12)18-16(21)19-15-8-3-1-2-6-13(15)11-20/h4-5,7,9,13,15,20H,1-3,6,8,11H2,(H2,18,19,21). The normalized spacial score (nSPS) is 21.9. The van der Waals surface area contributed by atoms with Gasteiger partial charge in [0.25, 0.3) is 0 Å². The molecule has 1 aliphatic carbocycles. The summed E-state index contributed by atoms with van der Waals surface area (Å²) in [6, 6.07) is 8.58. The van der Waals surface area contributed by atoms with Gasteiger partial charge >= 0.3 is 6.03 Å². The Morgan fingerprint density at radius 3 is 2.90 bits per heavy atom. The zero-order valence-electron chi connectivity index (χ0n) is 12.0. The van der Waals surface area contributed by atoms with Gasteiger partial charge in [-0.05, 0) is 31.0 Å². The predicted octanol–water partition coefficient (Wildman–Crippen LogP) is 2.62. The number of carbonyl (C=O) groups is 1. The number of nitriles is 1. The highest BCUT2D eigenvalue weighted by Gasteiger charge is 2.24. The van der Waals surface area contributed by atoms with Crippen molar-refractivity contribution < 1.29 is 9.90 Å². The van der Waals surface area contributed by atoms with Gasteiger partial charge in [-0.25, -0.2) is 4.79 Å². The molecule has 2 amide bonds. The van der Waals surface area contributed by atoms with Gasteiger partial charge in [0, 0.05) is 24.3 Å². The molecule has 0 heterocycles. The summed E-state index contributed by atoms with van der Waals surface area (Å²) in [5, 5.41) is 24.0. The molecule has 5 nitrogen and oxygen atoms in total. The molecule has 2 unspecified atom stereocenters. The van der Waals surface area contributed by atoms with Gasteiger partial charge < -0.3 is 15.7 Å². The fourth-order valence-corrected chi connectivity index (χ4v) is 2.80. The summed E-state index contributed by atoms with van der Waals surface area (Å²) in [6.45, 7) is 0.106. The lowest BCUT2D eigenvalue weighted by Crippen LogP contribution is -2.43. The fourth-order valence-electron chi connectivity index (χ4n) is 2.80. The summed E-state index contributed by atoms with van der Waals surface area (Å²) in [7, 11) is 0. The molecule has 2 rings (SSSR count). The van der Waals surface area contributed by atoms with E-state index in [-0.39, 0.29) is 24.6 Å². The average Bonchev–Trinajstić information content (AvgIpc) is 2.72. The fraction of sp³-hybridized carbons (Fsp3) is 0.500. The third-order valence-corrected chi connectivity index (χ3v) is 3.96. The number of carbonyl (C=O) groups excluding carboxylic acids is 1. The van der Waals surface area contributed by atoms with Gasteiger partial charge in [0.1, 0.15) is 0 Å². The predicted molar refractivity (Wildman–Crippen MR) is 80.8 cm³/mol. The maximum atomic E-state index is 12.1. The van der Waals surface area contributed by atoms with Crippen molar-refractivity contribution in [1.82, 2.24) is 5.32 Å². The molecule has 0 bridgehead atoms. The first kappa shape index (κ1) is 15.3. The maximum absolute atomic E-state index is 12.1. The molecule has 3 N–H and O–H groups in total. The smallest absolute Gasteiger partial charge is 0.319 e. The zero-order valence-corrected chi connectivity index (χ0v) is 12.0. The Labute approximate surface area is 125 Å². The molecule has 2 atom stereocenters. The number of hydrogen-bond acceptors (Lipinski definition) is 3. The van der Waals surface area contributed by atoms with Crippen LogP contribution in [0.1, 0.15) is 37.7 Å². The van der Waals surface area contributed by atoms with Crippen LogP contribution in [-0.4, -0.2) is 23.8 Å². The summed E-state index contributed by atoms with van der Waals surface area (Å²) >= 11 is 0. The minimum atomic E-state index is -0.282. The molecule has 1 aliphatic rings. The van der Waals surface area contributed by atoms with Gasteiger partial charge in [0.2, 0.25) is 0 Å². The number of urea groups is 1. The zero-order chi connectivity index (χ0) is 15.1. The summed E-state index contributed by atoms with van der Waals surface area (Å²) in [5.41, 5.74) is 1.11. The van der Waals surface area contributed by atoms with E-state index in [4.69, 9.17) is 5.26 Å². The lowest BCUT2D eigenvalue weighted by atomic mass is 9.96. The third kappa shape index (κ3) is 4.47. The lowest BCUT2D eigenvalue weighted by Gasteiger charge is -2.24. The second-order valence-electron chi connectivity index (χ2n) is 5.48. The minimum absolute atomic E-state index is 0.0108. The van der Waals surface area contributed by atoms with Crippen molar-refractivity contribution in [3.8, 4) is 6.07 Å². The number of hydrogen-bond donors (Lipinski definition) is 3. The van der Waals surface area contributed by atoms with Crippen LogP contribution in [0.15, 0.2) is 24.3 Å². The Morgan fingerprint density at radius 2 is 2.14 bits per heavy atom. The average molecular weight is 287 g/mol. The van der Waals surface area contributed by atoms with E-state index in [9.17, 15) is 9.90 Å². The Morgan fingerprint density at radius 1 is 1.33 bits per heavy atom. The molecule has 1 aromatic rings. The summed E-state index contributed by atoms with van der Waals surface area (Å²) < 4.78 is 0. The number of nitrogens with one attached hydrogen (secondary N) is 2. The highest BCUT2D eigenvalue weighted by Crippen LogP contribution is 2.23. The molecule has 0 spiro atoms. The van der Waals surface area contributed by atoms with Crippen molar-refractivity contribution in [2.75, 3.05) is 11.9 Å². The number of anilines is 1. The van der Waals surface area contributed by atoms with Gasteiger partial charge in [0.15, 0.2) is 0 Å². The molecule has 0 aliphatic heterocycles. The first-order chi connectivity index (χ1) is 10.2. The van der Waals surface area contributed by atoms with Crippen molar-refractivity contribution in [1.29, 1.82) is 5.26 Å². The molecule has 21 heavy (non-hydrogen) atoms. The third-order valence-electron chi connectivity index (χ3n) is 3.96. The van der Waals surface area contributed by atoms with E-state index in [1.165, 1.54) is 0 Å². The Balaban J connectivity index is 1.95. The number of aliphatic hydroxyl groups is 1. The highest BCUT2D eigenvalue weighted by atomic mass is 16.3. The summed E-state index contributed by atoms with van der Waals surface area (Å²) in [4.78, 5) is 12.1. The van der Waals surface area contributed by atoms with E-state index in [0.29, 0.717) is 11.3 Å². The molecule has 112 valence electrons. The molecule has 0 aromatic heterocycles.